The molecule has 0 fully saturated rings. The molecule has 0 heterocycles. The quantitative estimate of drug-likeness (QED) is 0.467. The number of hydrogen-bond acceptors (Lipinski definition) is 2. The minimum Gasteiger partial charge on any atom is -0.143 e. The van der Waals surface area contributed by atoms with Crippen molar-refractivity contribution in [2.75, 3.05) is 0 Å². The molecular weight excluding hydrogens is 292 g/mol. The highest BCUT2D eigenvalue weighted by atomic mass is 32.1. The number of thiol groups is 2. The van der Waals surface area contributed by atoms with Crippen LogP contribution < -0.4 is 0 Å². The lowest BCUT2D eigenvalue weighted by Gasteiger charge is -2.20. The summed E-state index contributed by atoms with van der Waals surface area (Å²) in [4.78, 5) is 1.99. The van der Waals surface area contributed by atoms with Crippen molar-refractivity contribution in [1.82, 2.24) is 0 Å². The zero-order valence-corrected chi connectivity index (χ0v) is 13.3. The van der Waals surface area contributed by atoms with Crippen molar-refractivity contribution < 1.29 is 0 Å². The zero-order valence-electron chi connectivity index (χ0n) is 11.5. The molecule has 0 nitrogen and oxygen atoms in total. The maximum Gasteiger partial charge on any atom is 0.0350 e. The molecule has 0 aliphatic rings. The SMILES string of the molecule is Sc1ccc(C(c2ccccc2)c2ccccc2S)cc1. The summed E-state index contributed by atoms with van der Waals surface area (Å²) in [5, 5.41) is 0. The highest BCUT2D eigenvalue weighted by molar-refractivity contribution is 7.80. The van der Waals surface area contributed by atoms with Gasteiger partial charge in [-0.15, -0.1) is 25.3 Å². The van der Waals surface area contributed by atoms with E-state index >= 15 is 0 Å². The Labute approximate surface area is 136 Å². The second-order valence-electron chi connectivity index (χ2n) is 4.99. The first-order chi connectivity index (χ1) is 10.3. The molecule has 0 aromatic heterocycles. The van der Waals surface area contributed by atoms with Gasteiger partial charge in [0.05, 0.1) is 0 Å². The van der Waals surface area contributed by atoms with Gasteiger partial charge in [-0.2, -0.15) is 0 Å². The van der Waals surface area contributed by atoms with Crippen LogP contribution in [-0.2, 0) is 0 Å². The molecular formula is C19H16S2. The first-order valence-corrected chi connectivity index (χ1v) is 7.77. The van der Waals surface area contributed by atoms with Gasteiger partial charge >= 0.3 is 0 Å². The summed E-state index contributed by atoms with van der Waals surface area (Å²) >= 11 is 9.02. The third-order valence-electron chi connectivity index (χ3n) is 3.61. The Balaban J connectivity index is 2.16. The lowest BCUT2D eigenvalue weighted by Crippen LogP contribution is -2.04. The molecule has 1 unspecified atom stereocenters. The van der Waals surface area contributed by atoms with Gasteiger partial charge in [0.25, 0.3) is 0 Å². The van der Waals surface area contributed by atoms with Gasteiger partial charge in [-0.25, -0.2) is 0 Å². The van der Waals surface area contributed by atoms with Crippen molar-refractivity contribution in [1.29, 1.82) is 0 Å². The standard InChI is InChI=1S/C19H16S2/c20-16-12-10-15(11-13-16)19(14-6-2-1-3-7-14)17-8-4-5-9-18(17)21/h1-13,19-21H. The molecule has 0 aliphatic heterocycles. The maximum atomic E-state index is 4.64. The largest absolute Gasteiger partial charge is 0.143 e. The van der Waals surface area contributed by atoms with Crippen LogP contribution in [0.5, 0.6) is 0 Å². The second-order valence-corrected chi connectivity index (χ2v) is 5.99. The minimum absolute atomic E-state index is 0.189. The number of hydrogen-bond donors (Lipinski definition) is 2. The Bertz CT molecular complexity index is 718. The van der Waals surface area contributed by atoms with Crippen molar-refractivity contribution >= 4 is 25.3 Å². The second kappa shape index (κ2) is 6.42. The molecule has 21 heavy (non-hydrogen) atoms. The van der Waals surface area contributed by atoms with Crippen molar-refractivity contribution in [2.45, 2.75) is 15.7 Å². The molecule has 1 atom stereocenters. The predicted molar refractivity (Wildman–Crippen MR) is 94.8 cm³/mol. The average Bonchev–Trinajstić information content (AvgIpc) is 2.52. The van der Waals surface area contributed by atoms with Gasteiger partial charge in [-0.05, 0) is 34.9 Å². The zero-order chi connectivity index (χ0) is 14.7. The Hall–Kier alpha value is -1.64. The lowest BCUT2D eigenvalue weighted by atomic mass is 9.85. The van der Waals surface area contributed by atoms with Gasteiger partial charge in [0.15, 0.2) is 0 Å². The smallest absolute Gasteiger partial charge is 0.0350 e. The van der Waals surface area contributed by atoms with Gasteiger partial charge < -0.3 is 0 Å². The van der Waals surface area contributed by atoms with Gasteiger partial charge in [-0.1, -0.05) is 60.7 Å². The minimum atomic E-state index is 0.189. The highest BCUT2D eigenvalue weighted by Gasteiger charge is 2.18. The van der Waals surface area contributed by atoms with E-state index in [1.807, 2.05) is 30.3 Å². The van der Waals surface area contributed by atoms with Gasteiger partial charge in [-0.3, -0.25) is 0 Å². The van der Waals surface area contributed by atoms with E-state index in [4.69, 9.17) is 0 Å². The van der Waals surface area contributed by atoms with Crippen LogP contribution in [-0.4, -0.2) is 0 Å². The summed E-state index contributed by atoms with van der Waals surface area (Å²) in [5.74, 6) is 0.189. The molecule has 0 amide bonds. The van der Waals surface area contributed by atoms with Crippen LogP contribution >= 0.6 is 25.3 Å². The summed E-state index contributed by atoms with van der Waals surface area (Å²) in [7, 11) is 0. The molecule has 2 heteroatoms. The van der Waals surface area contributed by atoms with E-state index in [1.54, 1.807) is 0 Å². The topological polar surface area (TPSA) is 0 Å². The number of rotatable bonds is 3. The Morgan fingerprint density at radius 1 is 0.571 bits per heavy atom. The molecule has 0 saturated heterocycles. The molecule has 3 aromatic carbocycles. The van der Waals surface area contributed by atoms with Crippen LogP contribution in [0.2, 0.25) is 0 Å². The van der Waals surface area contributed by atoms with Crippen LogP contribution in [0.25, 0.3) is 0 Å². The van der Waals surface area contributed by atoms with E-state index in [9.17, 15) is 0 Å². The van der Waals surface area contributed by atoms with Crippen molar-refractivity contribution in [3.8, 4) is 0 Å². The Kier molecular flexibility index (Phi) is 4.37. The maximum absolute atomic E-state index is 4.64. The molecule has 0 spiro atoms. The fraction of sp³-hybridized carbons (Fsp3) is 0.0526. The molecule has 0 aliphatic carbocycles. The van der Waals surface area contributed by atoms with E-state index in [1.165, 1.54) is 16.7 Å². The highest BCUT2D eigenvalue weighted by Crippen LogP contribution is 2.35. The molecule has 0 bridgehead atoms. The number of benzene rings is 3. The summed E-state index contributed by atoms with van der Waals surface area (Å²) in [6.45, 7) is 0. The molecule has 104 valence electrons. The van der Waals surface area contributed by atoms with Crippen LogP contribution in [0.3, 0.4) is 0 Å². The van der Waals surface area contributed by atoms with E-state index in [2.05, 4.69) is 73.8 Å². The molecule has 3 aromatic rings. The van der Waals surface area contributed by atoms with Crippen molar-refractivity contribution in [3.05, 3.63) is 95.6 Å². The summed E-state index contributed by atoms with van der Waals surface area (Å²) in [5.41, 5.74) is 3.74. The van der Waals surface area contributed by atoms with Crippen LogP contribution in [0.4, 0.5) is 0 Å². The van der Waals surface area contributed by atoms with Crippen molar-refractivity contribution in [3.63, 3.8) is 0 Å². The fourth-order valence-electron chi connectivity index (χ4n) is 2.60. The first kappa shape index (κ1) is 14.3. The summed E-state index contributed by atoms with van der Waals surface area (Å²) < 4.78 is 0. The predicted octanol–water partition coefficient (Wildman–Crippen LogP) is 5.44. The van der Waals surface area contributed by atoms with Crippen LogP contribution in [0, 0.1) is 0 Å². The van der Waals surface area contributed by atoms with E-state index in [-0.39, 0.29) is 5.92 Å². The van der Waals surface area contributed by atoms with E-state index < -0.39 is 0 Å². The Morgan fingerprint density at radius 2 is 1.14 bits per heavy atom. The molecule has 0 N–H and O–H groups in total. The monoisotopic (exact) mass is 308 g/mol. The van der Waals surface area contributed by atoms with Gasteiger partial charge in [0.1, 0.15) is 0 Å². The summed E-state index contributed by atoms with van der Waals surface area (Å²) in [6.07, 6.45) is 0. The van der Waals surface area contributed by atoms with E-state index in [0.717, 1.165) is 9.79 Å². The van der Waals surface area contributed by atoms with Gasteiger partial charge in [0.2, 0.25) is 0 Å². The molecule has 3 rings (SSSR count). The first-order valence-electron chi connectivity index (χ1n) is 6.87. The van der Waals surface area contributed by atoms with Gasteiger partial charge in [0, 0.05) is 15.7 Å². The normalized spacial score (nSPS) is 12.1. The molecule has 0 radical (unpaired) electrons. The van der Waals surface area contributed by atoms with Crippen LogP contribution in [0.1, 0.15) is 22.6 Å². The van der Waals surface area contributed by atoms with Crippen molar-refractivity contribution in [2.24, 2.45) is 0 Å². The lowest BCUT2D eigenvalue weighted by molar-refractivity contribution is 0.944. The Morgan fingerprint density at radius 3 is 1.81 bits per heavy atom. The molecule has 0 saturated carbocycles. The summed E-state index contributed by atoms with van der Waals surface area (Å²) in [6, 6.07) is 27.2. The van der Waals surface area contributed by atoms with Crippen LogP contribution in [0.15, 0.2) is 88.7 Å². The van der Waals surface area contributed by atoms with E-state index in [0.29, 0.717) is 0 Å². The fourth-order valence-corrected chi connectivity index (χ4v) is 3.03. The third kappa shape index (κ3) is 3.17. The average molecular weight is 308 g/mol. The third-order valence-corrected chi connectivity index (χ3v) is 4.31.